The molecule has 0 aliphatic carbocycles. The first-order valence-electron chi connectivity index (χ1n) is 9.15. The quantitative estimate of drug-likeness (QED) is 0.700. The predicted molar refractivity (Wildman–Crippen MR) is 101 cm³/mol. The van der Waals surface area contributed by atoms with Gasteiger partial charge in [0, 0.05) is 37.1 Å². The molecule has 0 N–H and O–H groups in total. The summed E-state index contributed by atoms with van der Waals surface area (Å²) >= 11 is 1.72. The van der Waals surface area contributed by atoms with E-state index in [0.29, 0.717) is 5.92 Å². The van der Waals surface area contributed by atoms with Gasteiger partial charge in [0.15, 0.2) is 11.5 Å². The number of aromatic nitrogens is 4. The molecule has 136 valence electrons. The Bertz CT molecular complexity index is 873. The molecule has 1 atom stereocenters. The average Bonchev–Trinajstić information content (AvgIpc) is 3.42. The predicted octanol–water partition coefficient (Wildman–Crippen LogP) is 2.01. The maximum absolute atomic E-state index is 5.44. The van der Waals surface area contributed by atoms with Crippen LogP contribution in [-0.4, -0.2) is 63.9 Å². The van der Waals surface area contributed by atoms with Crippen LogP contribution in [0.4, 0.5) is 5.69 Å². The molecule has 8 heteroatoms. The number of rotatable bonds is 4. The van der Waals surface area contributed by atoms with Crippen LogP contribution in [0, 0.1) is 0 Å². The smallest absolute Gasteiger partial charge is 0.156 e. The summed E-state index contributed by atoms with van der Waals surface area (Å²) in [4.78, 5) is 14.0. The van der Waals surface area contributed by atoms with Gasteiger partial charge in [-0.3, -0.25) is 4.90 Å². The average molecular weight is 370 g/mol. The molecule has 7 nitrogen and oxygen atoms in total. The number of thiazole rings is 1. The number of pyridine rings is 1. The maximum Gasteiger partial charge on any atom is 0.156 e. The van der Waals surface area contributed by atoms with Crippen LogP contribution in [0.2, 0.25) is 0 Å². The number of fused-ring (bicyclic) bond motifs is 1. The standard InChI is InChI=1S/C18H22N6OS/c1-2-16-20-18(14-3-5-22(11-14)13-17-19-4-10-26-17)21-24(16)12-15(1)23-6-8-25-9-7-23/h1-2,4,10,12,14H,3,5-9,11,13H2/t14-/m0/s1. The Hall–Kier alpha value is -2.03. The number of morpholine rings is 1. The van der Waals surface area contributed by atoms with Crippen molar-refractivity contribution < 1.29 is 4.74 Å². The zero-order chi connectivity index (χ0) is 17.3. The van der Waals surface area contributed by atoms with E-state index in [1.165, 1.54) is 10.7 Å². The minimum absolute atomic E-state index is 0.404. The summed E-state index contributed by atoms with van der Waals surface area (Å²) in [5.41, 5.74) is 2.12. The molecule has 0 unspecified atom stereocenters. The topological polar surface area (TPSA) is 58.8 Å². The van der Waals surface area contributed by atoms with E-state index in [0.717, 1.165) is 63.8 Å². The van der Waals surface area contributed by atoms with Crippen LogP contribution in [0.5, 0.6) is 0 Å². The molecule has 3 aromatic heterocycles. The van der Waals surface area contributed by atoms with Gasteiger partial charge in [-0.2, -0.15) is 5.10 Å². The highest BCUT2D eigenvalue weighted by molar-refractivity contribution is 7.09. The van der Waals surface area contributed by atoms with Crippen LogP contribution < -0.4 is 4.90 Å². The van der Waals surface area contributed by atoms with Crippen molar-refractivity contribution in [2.75, 3.05) is 44.3 Å². The fourth-order valence-corrected chi connectivity index (χ4v) is 4.44. The molecular weight excluding hydrogens is 348 g/mol. The molecule has 3 aromatic rings. The summed E-state index contributed by atoms with van der Waals surface area (Å²) in [7, 11) is 0. The largest absolute Gasteiger partial charge is 0.378 e. The van der Waals surface area contributed by atoms with Crippen LogP contribution in [0.15, 0.2) is 29.9 Å². The molecule has 2 fully saturated rings. The number of nitrogens with zero attached hydrogens (tertiary/aromatic N) is 6. The van der Waals surface area contributed by atoms with Crippen LogP contribution in [-0.2, 0) is 11.3 Å². The molecular formula is C18H22N6OS. The molecule has 0 amide bonds. The lowest BCUT2D eigenvalue weighted by atomic mass is 10.1. The Morgan fingerprint density at radius 3 is 2.96 bits per heavy atom. The highest BCUT2D eigenvalue weighted by atomic mass is 32.1. The van der Waals surface area contributed by atoms with E-state index in [4.69, 9.17) is 14.8 Å². The van der Waals surface area contributed by atoms with Crippen molar-refractivity contribution in [3.63, 3.8) is 0 Å². The van der Waals surface area contributed by atoms with Crippen molar-refractivity contribution in [2.45, 2.75) is 18.9 Å². The van der Waals surface area contributed by atoms with Crippen molar-refractivity contribution in [2.24, 2.45) is 0 Å². The van der Waals surface area contributed by atoms with Gasteiger partial charge in [-0.1, -0.05) is 0 Å². The highest BCUT2D eigenvalue weighted by Crippen LogP contribution is 2.27. The Kier molecular flexibility index (Phi) is 4.32. The lowest BCUT2D eigenvalue weighted by Gasteiger charge is -2.28. The maximum atomic E-state index is 5.44. The van der Waals surface area contributed by atoms with Gasteiger partial charge in [0.1, 0.15) is 5.01 Å². The van der Waals surface area contributed by atoms with Gasteiger partial charge in [0.05, 0.1) is 31.6 Å². The van der Waals surface area contributed by atoms with Crippen LogP contribution >= 0.6 is 11.3 Å². The van der Waals surface area contributed by atoms with E-state index in [-0.39, 0.29) is 0 Å². The van der Waals surface area contributed by atoms with Crippen molar-refractivity contribution >= 4 is 22.7 Å². The molecule has 2 saturated heterocycles. The minimum Gasteiger partial charge on any atom is -0.378 e. The van der Waals surface area contributed by atoms with E-state index >= 15 is 0 Å². The molecule has 26 heavy (non-hydrogen) atoms. The summed E-state index contributed by atoms with van der Waals surface area (Å²) in [6.45, 7) is 6.46. The summed E-state index contributed by atoms with van der Waals surface area (Å²) in [5, 5.41) is 8.01. The van der Waals surface area contributed by atoms with E-state index in [9.17, 15) is 0 Å². The van der Waals surface area contributed by atoms with Crippen LogP contribution in [0.3, 0.4) is 0 Å². The number of hydrogen-bond donors (Lipinski definition) is 0. The normalized spacial score (nSPS) is 21.7. The minimum atomic E-state index is 0.404. The Balaban J connectivity index is 1.31. The second kappa shape index (κ2) is 6.94. The molecule has 2 aliphatic rings. The summed E-state index contributed by atoms with van der Waals surface area (Å²) < 4.78 is 7.38. The van der Waals surface area contributed by atoms with Gasteiger partial charge in [-0.15, -0.1) is 11.3 Å². The second-order valence-corrected chi connectivity index (χ2v) is 7.89. The Morgan fingerprint density at radius 1 is 1.19 bits per heavy atom. The fourth-order valence-electron chi connectivity index (χ4n) is 3.78. The summed E-state index contributed by atoms with van der Waals surface area (Å²) in [5.74, 6) is 1.37. The van der Waals surface area contributed by atoms with Gasteiger partial charge in [-0.05, 0) is 25.1 Å². The third-order valence-corrected chi connectivity index (χ3v) is 5.95. The number of anilines is 1. The summed E-state index contributed by atoms with van der Waals surface area (Å²) in [6.07, 6.45) is 5.08. The van der Waals surface area contributed by atoms with Gasteiger partial charge in [0.2, 0.25) is 0 Å². The fraction of sp³-hybridized carbons (Fsp3) is 0.500. The highest BCUT2D eigenvalue weighted by Gasteiger charge is 2.27. The Labute approximate surface area is 156 Å². The lowest BCUT2D eigenvalue weighted by molar-refractivity contribution is 0.122. The van der Waals surface area contributed by atoms with Gasteiger partial charge >= 0.3 is 0 Å². The van der Waals surface area contributed by atoms with Crippen LogP contribution in [0.1, 0.15) is 23.2 Å². The van der Waals surface area contributed by atoms with E-state index in [2.05, 4.69) is 33.1 Å². The van der Waals surface area contributed by atoms with Gasteiger partial charge in [0.25, 0.3) is 0 Å². The van der Waals surface area contributed by atoms with Crippen molar-refractivity contribution in [1.82, 2.24) is 24.5 Å². The molecule has 2 aliphatic heterocycles. The molecule has 0 saturated carbocycles. The third kappa shape index (κ3) is 3.20. The first-order chi connectivity index (χ1) is 12.8. The molecule has 5 rings (SSSR count). The van der Waals surface area contributed by atoms with Crippen molar-refractivity contribution in [1.29, 1.82) is 0 Å². The number of ether oxygens (including phenoxy) is 1. The first kappa shape index (κ1) is 16.2. The SMILES string of the molecule is c1csc(CN2CC[C@H](c3nc4ccc(N5CCOCC5)cn4n3)C2)n1. The third-order valence-electron chi connectivity index (χ3n) is 5.19. The monoisotopic (exact) mass is 370 g/mol. The molecule has 0 aromatic carbocycles. The number of hydrogen-bond acceptors (Lipinski definition) is 7. The van der Waals surface area contributed by atoms with E-state index < -0.39 is 0 Å². The molecule has 0 bridgehead atoms. The van der Waals surface area contributed by atoms with Crippen LogP contribution in [0.25, 0.3) is 5.65 Å². The first-order valence-corrected chi connectivity index (χ1v) is 10.0. The summed E-state index contributed by atoms with van der Waals surface area (Å²) in [6, 6.07) is 4.21. The zero-order valence-electron chi connectivity index (χ0n) is 14.6. The number of likely N-dealkylation sites (tertiary alicyclic amines) is 1. The van der Waals surface area contributed by atoms with E-state index in [1.54, 1.807) is 11.3 Å². The Morgan fingerprint density at radius 2 is 2.12 bits per heavy atom. The lowest BCUT2D eigenvalue weighted by Crippen LogP contribution is -2.36. The molecule has 0 spiro atoms. The zero-order valence-corrected chi connectivity index (χ0v) is 15.4. The molecule has 5 heterocycles. The molecule has 0 radical (unpaired) electrons. The van der Waals surface area contributed by atoms with E-state index in [1.807, 2.05) is 16.1 Å². The second-order valence-electron chi connectivity index (χ2n) is 6.91. The van der Waals surface area contributed by atoms with Crippen molar-refractivity contribution in [3.05, 3.63) is 40.7 Å². The van der Waals surface area contributed by atoms with Crippen molar-refractivity contribution in [3.8, 4) is 0 Å². The van der Waals surface area contributed by atoms with Gasteiger partial charge < -0.3 is 9.64 Å². The van der Waals surface area contributed by atoms with Gasteiger partial charge in [-0.25, -0.2) is 14.5 Å².